The normalized spacial score (nSPS) is 40.9. The molecule has 5 saturated carbocycles. The number of nitrogens with two attached hydrogens (primary N) is 1. The monoisotopic (exact) mass is 690 g/mol. The van der Waals surface area contributed by atoms with Crippen LogP contribution in [0.4, 0.5) is 0 Å². The molecule has 7 nitrogen and oxygen atoms in total. The third-order valence-corrected chi connectivity index (χ3v) is 16.6. The summed E-state index contributed by atoms with van der Waals surface area (Å²) in [4.78, 5) is 35.8. The summed E-state index contributed by atoms with van der Waals surface area (Å²) in [7, 11) is 0. The van der Waals surface area contributed by atoms with Crippen molar-refractivity contribution in [3.05, 3.63) is 34.9 Å². The number of nitrogens with zero attached hydrogens (tertiary/aromatic N) is 2. The predicted octanol–water partition coefficient (Wildman–Crippen LogP) is 9.11. The van der Waals surface area contributed by atoms with Crippen LogP contribution in [0.5, 0.6) is 0 Å². The maximum Gasteiger partial charge on any atom is 0.358 e. The quantitative estimate of drug-likeness (QED) is 0.225. The van der Waals surface area contributed by atoms with Crippen molar-refractivity contribution in [2.24, 2.45) is 68.3 Å². The molecule has 1 aromatic rings. The average molecular weight is 690 g/mol. The van der Waals surface area contributed by atoms with Crippen molar-refractivity contribution in [1.29, 1.82) is 0 Å². The molecule has 278 valence electrons. The molecule has 2 N–H and O–H groups in total. The fourth-order valence-electron chi connectivity index (χ4n) is 13.4. The number of ether oxygens (including phenoxy) is 2. The number of aryl methyl sites for hydroxylation is 3. The fraction of sp³-hybridized carbons (Fsp3) is 0.814. The first kappa shape index (κ1) is 37.5. The molecule has 7 heteroatoms. The van der Waals surface area contributed by atoms with Crippen LogP contribution in [0.15, 0.2) is 12.2 Å². The van der Waals surface area contributed by atoms with E-state index in [4.69, 9.17) is 15.2 Å². The number of hydrogen-bond acceptors (Lipinski definition) is 7. The number of esters is 2. The lowest BCUT2D eigenvalue weighted by Crippen LogP contribution is -2.67. The highest BCUT2D eigenvalue weighted by Crippen LogP contribution is 2.77. The third kappa shape index (κ3) is 5.52. The standard InChI is InChI=1S/C43H67N3O4/c1-24(2)29-15-20-43(23-49-38(48)36-28(7)45-26(5)27(6)46-36)22-21-41(11)30(34(29)43)13-14-32-40(10)18-17-33(50-37(47)35(44)25(3)4)39(8,9)31(40)16-19-42(32,41)12/h25,29-35H,1,13-23,44H2,2-12H3/t29-,30+,31-,32+,33-,34+,35-,40-,41+,42+,43+/m0/s1. The van der Waals surface area contributed by atoms with Crippen LogP contribution in [0.3, 0.4) is 0 Å². The maximum atomic E-state index is 13.5. The smallest absolute Gasteiger partial charge is 0.358 e. The van der Waals surface area contributed by atoms with E-state index in [9.17, 15) is 9.59 Å². The van der Waals surface area contributed by atoms with Crippen molar-refractivity contribution < 1.29 is 19.1 Å². The summed E-state index contributed by atoms with van der Waals surface area (Å²) in [5.41, 5.74) is 10.6. The summed E-state index contributed by atoms with van der Waals surface area (Å²) in [6.07, 6.45) is 11.2. The number of hydrogen-bond donors (Lipinski definition) is 1. The lowest BCUT2D eigenvalue weighted by Gasteiger charge is -2.73. The third-order valence-electron chi connectivity index (χ3n) is 16.6. The maximum absolute atomic E-state index is 13.5. The topological polar surface area (TPSA) is 104 Å². The van der Waals surface area contributed by atoms with E-state index in [1.54, 1.807) is 0 Å². The van der Waals surface area contributed by atoms with Gasteiger partial charge in [0.15, 0.2) is 5.69 Å². The molecule has 5 aliphatic carbocycles. The highest BCUT2D eigenvalue weighted by molar-refractivity contribution is 5.88. The van der Waals surface area contributed by atoms with E-state index in [0.717, 1.165) is 49.9 Å². The molecule has 0 aliphatic heterocycles. The van der Waals surface area contributed by atoms with Gasteiger partial charge in [0, 0.05) is 10.8 Å². The van der Waals surface area contributed by atoms with Gasteiger partial charge in [-0.2, -0.15) is 0 Å². The number of carbonyl (C=O) groups excluding carboxylic acids is 2. The van der Waals surface area contributed by atoms with E-state index < -0.39 is 6.04 Å². The van der Waals surface area contributed by atoms with E-state index in [1.807, 2.05) is 34.6 Å². The second-order valence-corrected chi connectivity index (χ2v) is 19.5. The predicted molar refractivity (Wildman–Crippen MR) is 198 cm³/mol. The zero-order valence-electron chi connectivity index (χ0n) is 33.2. The molecule has 0 bridgehead atoms. The molecule has 0 unspecified atom stereocenters. The van der Waals surface area contributed by atoms with Gasteiger partial charge in [-0.3, -0.25) is 9.78 Å². The second-order valence-electron chi connectivity index (χ2n) is 19.5. The molecular weight excluding hydrogens is 622 g/mol. The molecule has 5 aliphatic rings. The Kier molecular flexibility index (Phi) is 9.51. The Hall–Kier alpha value is -2.28. The molecule has 50 heavy (non-hydrogen) atoms. The van der Waals surface area contributed by atoms with Gasteiger partial charge in [-0.05, 0) is 144 Å². The van der Waals surface area contributed by atoms with Crippen molar-refractivity contribution in [2.45, 2.75) is 153 Å². The Morgan fingerprint density at radius 1 is 0.840 bits per heavy atom. The van der Waals surface area contributed by atoms with Gasteiger partial charge >= 0.3 is 11.9 Å². The lowest BCUT2D eigenvalue weighted by molar-refractivity contribution is -0.251. The highest BCUT2D eigenvalue weighted by Gasteiger charge is 2.71. The molecule has 0 radical (unpaired) electrons. The molecule has 0 saturated heterocycles. The number of allylic oxidation sites excluding steroid dienone is 1. The Bertz CT molecular complexity index is 1540. The fourth-order valence-corrected chi connectivity index (χ4v) is 13.4. The van der Waals surface area contributed by atoms with E-state index >= 15 is 0 Å². The van der Waals surface area contributed by atoms with Crippen molar-refractivity contribution in [3.63, 3.8) is 0 Å². The van der Waals surface area contributed by atoms with E-state index in [1.165, 1.54) is 31.3 Å². The van der Waals surface area contributed by atoms with Crippen LogP contribution in [0.2, 0.25) is 0 Å². The average Bonchev–Trinajstić information content (AvgIpc) is 3.43. The molecule has 6 rings (SSSR count). The Morgan fingerprint density at radius 2 is 1.52 bits per heavy atom. The number of rotatable bonds is 7. The molecule has 11 atom stereocenters. The van der Waals surface area contributed by atoms with Gasteiger partial charge < -0.3 is 15.2 Å². The SMILES string of the molecule is C=C(C)[C@@H]1CC[C@]2(COC(=O)c3nc(C)c(C)nc3C)CC[C@]3(C)[C@H](CC[C@@H]4[C@@]5(C)CC[C@H](OC(=O)[C@@H](N)C(C)C)C(C)(C)[C@@H]5CC[C@]43C)[C@@H]12. The van der Waals surface area contributed by atoms with Crippen molar-refractivity contribution in [1.82, 2.24) is 9.97 Å². The Balaban J connectivity index is 1.26. The molecule has 0 aromatic carbocycles. The van der Waals surface area contributed by atoms with Gasteiger partial charge in [0.1, 0.15) is 12.1 Å². The Morgan fingerprint density at radius 3 is 2.18 bits per heavy atom. The van der Waals surface area contributed by atoms with Crippen molar-refractivity contribution >= 4 is 11.9 Å². The minimum Gasteiger partial charge on any atom is -0.461 e. The summed E-state index contributed by atoms with van der Waals surface area (Å²) in [6, 6.07) is -0.575. The highest BCUT2D eigenvalue weighted by atomic mass is 16.5. The van der Waals surface area contributed by atoms with Gasteiger partial charge in [-0.1, -0.05) is 60.6 Å². The number of aromatic nitrogens is 2. The summed E-state index contributed by atoms with van der Waals surface area (Å²) in [5, 5.41) is 0. The minimum atomic E-state index is -0.575. The van der Waals surface area contributed by atoms with Crippen LogP contribution in [0, 0.1) is 83.4 Å². The van der Waals surface area contributed by atoms with Crippen LogP contribution < -0.4 is 5.73 Å². The van der Waals surface area contributed by atoms with Crippen LogP contribution in [-0.2, 0) is 14.3 Å². The first-order valence-electron chi connectivity index (χ1n) is 19.8. The van der Waals surface area contributed by atoms with Gasteiger partial charge in [-0.15, -0.1) is 0 Å². The van der Waals surface area contributed by atoms with Gasteiger partial charge in [-0.25, -0.2) is 9.78 Å². The second kappa shape index (κ2) is 12.7. The van der Waals surface area contributed by atoms with Crippen molar-refractivity contribution in [2.75, 3.05) is 6.61 Å². The molecule has 1 aromatic heterocycles. The van der Waals surface area contributed by atoms with E-state index in [2.05, 4.69) is 58.1 Å². The van der Waals surface area contributed by atoms with E-state index in [-0.39, 0.29) is 51.0 Å². The van der Waals surface area contributed by atoms with Crippen LogP contribution in [0.1, 0.15) is 147 Å². The first-order valence-corrected chi connectivity index (χ1v) is 19.8. The zero-order chi connectivity index (χ0) is 36.8. The summed E-state index contributed by atoms with van der Waals surface area (Å²) >= 11 is 0. The van der Waals surface area contributed by atoms with Crippen molar-refractivity contribution in [3.8, 4) is 0 Å². The largest absolute Gasteiger partial charge is 0.461 e. The van der Waals surface area contributed by atoms with Gasteiger partial charge in [0.25, 0.3) is 0 Å². The molecule has 0 amide bonds. The molecule has 1 heterocycles. The summed E-state index contributed by atoms with van der Waals surface area (Å²) in [5.74, 6) is 2.06. The lowest BCUT2D eigenvalue weighted by atomic mass is 9.32. The molecule has 5 fully saturated rings. The van der Waals surface area contributed by atoms with Gasteiger partial charge in [0.2, 0.25) is 0 Å². The summed E-state index contributed by atoms with van der Waals surface area (Å²) in [6.45, 7) is 29.5. The van der Waals surface area contributed by atoms with Gasteiger partial charge in [0.05, 0.1) is 23.7 Å². The number of carbonyl (C=O) groups is 2. The minimum absolute atomic E-state index is 0.0321. The van der Waals surface area contributed by atoms with Crippen LogP contribution >= 0.6 is 0 Å². The Labute approximate surface area is 302 Å². The summed E-state index contributed by atoms with van der Waals surface area (Å²) < 4.78 is 12.5. The van der Waals surface area contributed by atoms with Crippen LogP contribution in [0.25, 0.3) is 0 Å². The zero-order valence-corrected chi connectivity index (χ0v) is 33.2. The number of fused-ring (bicyclic) bond motifs is 7. The first-order chi connectivity index (χ1) is 23.2. The molecular formula is C43H67N3O4. The van der Waals surface area contributed by atoms with Crippen LogP contribution in [-0.4, -0.2) is 40.7 Å². The molecule has 0 spiro atoms. The van der Waals surface area contributed by atoms with E-state index in [0.29, 0.717) is 47.6 Å².